The third-order valence-corrected chi connectivity index (χ3v) is 4.32. The summed E-state index contributed by atoms with van der Waals surface area (Å²) in [5.74, 6) is -0.0599. The lowest BCUT2D eigenvalue weighted by molar-refractivity contribution is 0.464. The first-order chi connectivity index (χ1) is 9.66. The Bertz CT molecular complexity index is 621. The summed E-state index contributed by atoms with van der Waals surface area (Å²) in [5.41, 5.74) is 4.63. The van der Waals surface area contributed by atoms with Gasteiger partial charge >= 0.3 is 0 Å². The minimum absolute atomic E-state index is 0.0599. The summed E-state index contributed by atoms with van der Waals surface area (Å²) in [4.78, 5) is 0. The third-order valence-electron chi connectivity index (χ3n) is 4.32. The van der Waals surface area contributed by atoms with Gasteiger partial charge in [0.25, 0.3) is 0 Å². The van der Waals surface area contributed by atoms with Gasteiger partial charge in [-0.2, -0.15) is 0 Å². The molecule has 1 N–H and O–H groups in total. The number of hydrogen-bond acceptors (Lipinski definition) is 1. The quantitative estimate of drug-likeness (QED) is 0.866. The van der Waals surface area contributed by atoms with E-state index in [9.17, 15) is 4.39 Å². The maximum atomic E-state index is 13.8. The van der Waals surface area contributed by atoms with Gasteiger partial charge in [0.1, 0.15) is 5.82 Å². The summed E-state index contributed by atoms with van der Waals surface area (Å²) in [6.45, 7) is 4.31. The molecule has 0 saturated carbocycles. The lowest BCUT2D eigenvalue weighted by Crippen LogP contribution is -2.23. The van der Waals surface area contributed by atoms with Crippen LogP contribution in [0.4, 0.5) is 4.39 Å². The van der Waals surface area contributed by atoms with Gasteiger partial charge in [0, 0.05) is 12.1 Å². The van der Waals surface area contributed by atoms with Crippen LogP contribution < -0.4 is 5.32 Å². The lowest BCUT2D eigenvalue weighted by Gasteiger charge is -2.22. The molecule has 2 aromatic carbocycles. The molecule has 20 heavy (non-hydrogen) atoms. The van der Waals surface area contributed by atoms with Crippen molar-refractivity contribution in [3.8, 4) is 0 Å². The second-order valence-electron chi connectivity index (χ2n) is 5.64. The zero-order valence-corrected chi connectivity index (χ0v) is 12.0. The molecule has 1 aliphatic carbocycles. The highest BCUT2D eigenvalue weighted by molar-refractivity contribution is 5.36. The number of hydrogen-bond donors (Lipinski definition) is 1. The Morgan fingerprint density at radius 2 is 1.95 bits per heavy atom. The van der Waals surface area contributed by atoms with Crippen LogP contribution in [-0.4, -0.2) is 0 Å². The molecule has 0 saturated heterocycles. The van der Waals surface area contributed by atoms with Gasteiger partial charge in [-0.05, 0) is 55.0 Å². The molecule has 2 aromatic rings. The Labute approximate surface area is 119 Å². The second-order valence-corrected chi connectivity index (χ2v) is 5.64. The second kappa shape index (κ2) is 5.37. The van der Waals surface area contributed by atoms with Crippen molar-refractivity contribution in [2.75, 3.05) is 0 Å². The average Bonchev–Trinajstić information content (AvgIpc) is 2.84. The molecule has 0 amide bonds. The van der Waals surface area contributed by atoms with Crippen LogP contribution >= 0.6 is 0 Å². The van der Waals surface area contributed by atoms with Crippen molar-refractivity contribution in [3.63, 3.8) is 0 Å². The van der Waals surface area contributed by atoms with E-state index < -0.39 is 0 Å². The molecule has 2 atom stereocenters. The van der Waals surface area contributed by atoms with Crippen LogP contribution in [0, 0.1) is 12.7 Å². The van der Waals surface area contributed by atoms with Crippen LogP contribution in [-0.2, 0) is 6.42 Å². The zero-order chi connectivity index (χ0) is 14.1. The number of fused-ring (bicyclic) bond motifs is 1. The van der Waals surface area contributed by atoms with Gasteiger partial charge in [-0.1, -0.05) is 36.4 Å². The first-order valence-electron chi connectivity index (χ1n) is 7.25. The Hall–Kier alpha value is -1.67. The van der Waals surface area contributed by atoms with Crippen molar-refractivity contribution < 1.29 is 4.39 Å². The van der Waals surface area contributed by atoms with E-state index in [0.29, 0.717) is 0 Å². The van der Waals surface area contributed by atoms with Crippen LogP contribution in [0.25, 0.3) is 0 Å². The minimum atomic E-state index is -0.0599. The molecule has 0 spiro atoms. The molecule has 0 aliphatic heterocycles. The molecule has 2 unspecified atom stereocenters. The van der Waals surface area contributed by atoms with Gasteiger partial charge in [-0.15, -0.1) is 0 Å². The molecule has 2 heteroatoms. The predicted octanol–water partition coefficient (Wildman–Crippen LogP) is 4.47. The molecule has 3 rings (SSSR count). The summed E-state index contributed by atoms with van der Waals surface area (Å²) >= 11 is 0. The first kappa shape index (κ1) is 13.3. The van der Waals surface area contributed by atoms with Crippen LogP contribution in [0.1, 0.15) is 47.7 Å². The summed E-state index contributed by atoms with van der Waals surface area (Å²) in [6.07, 6.45) is 1.81. The van der Waals surface area contributed by atoms with Crippen LogP contribution in [0.5, 0.6) is 0 Å². The Balaban J connectivity index is 1.81. The van der Waals surface area contributed by atoms with E-state index in [4.69, 9.17) is 0 Å². The Morgan fingerprint density at radius 1 is 1.15 bits per heavy atom. The smallest absolute Gasteiger partial charge is 0.126 e. The highest BCUT2D eigenvalue weighted by Gasteiger charge is 2.26. The van der Waals surface area contributed by atoms with Crippen molar-refractivity contribution in [1.29, 1.82) is 0 Å². The van der Waals surface area contributed by atoms with Crippen molar-refractivity contribution in [2.45, 2.75) is 38.8 Å². The number of halogens is 1. The van der Waals surface area contributed by atoms with E-state index in [1.165, 1.54) is 11.1 Å². The Kier molecular flexibility index (Phi) is 3.58. The van der Waals surface area contributed by atoms with Gasteiger partial charge < -0.3 is 5.32 Å². The van der Waals surface area contributed by atoms with Crippen molar-refractivity contribution in [3.05, 3.63) is 70.5 Å². The minimum Gasteiger partial charge on any atom is -0.303 e. The van der Waals surface area contributed by atoms with Crippen LogP contribution in [0.2, 0.25) is 0 Å². The van der Waals surface area contributed by atoms with Gasteiger partial charge in [0.05, 0.1) is 0 Å². The molecule has 104 valence electrons. The molecule has 0 radical (unpaired) electrons. The molecule has 1 nitrogen and oxygen atoms in total. The first-order valence-corrected chi connectivity index (χ1v) is 7.25. The van der Waals surface area contributed by atoms with E-state index >= 15 is 0 Å². The number of benzene rings is 2. The van der Waals surface area contributed by atoms with Crippen LogP contribution in [0.15, 0.2) is 42.5 Å². The van der Waals surface area contributed by atoms with Gasteiger partial charge in [0.2, 0.25) is 0 Å². The number of rotatable bonds is 3. The van der Waals surface area contributed by atoms with Gasteiger partial charge in [-0.3, -0.25) is 0 Å². The number of aryl methyl sites for hydroxylation is 1. The van der Waals surface area contributed by atoms with E-state index in [-0.39, 0.29) is 17.9 Å². The SMILES string of the molecule is Cc1ccccc1C(C)NC1CCc2c(F)cccc21. The fourth-order valence-corrected chi connectivity index (χ4v) is 3.25. The Morgan fingerprint density at radius 3 is 2.75 bits per heavy atom. The van der Waals surface area contributed by atoms with Crippen LogP contribution in [0.3, 0.4) is 0 Å². The third kappa shape index (κ3) is 2.36. The summed E-state index contributed by atoms with van der Waals surface area (Å²) in [7, 11) is 0. The predicted molar refractivity (Wildman–Crippen MR) is 80.2 cm³/mol. The van der Waals surface area contributed by atoms with E-state index in [2.05, 4.69) is 43.4 Å². The highest BCUT2D eigenvalue weighted by atomic mass is 19.1. The summed E-state index contributed by atoms with van der Waals surface area (Å²) in [6, 6.07) is 14.4. The molecular weight excluding hydrogens is 249 g/mol. The van der Waals surface area contributed by atoms with E-state index in [0.717, 1.165) is 24.0 Å². The monoisotopic (exact) mass is 269 g/mol. The average molecular weight is 269 g/mol. The summed E-state index contributed by atoms with van der Waals surface area (Å²) < 4.78 is 13.8. The molecule has 0 fully saturated rings. The van der Waals surface area contributed by atoms with E-state index in [1.54, 1.807) is 6.07 Å². The zero-order valence-electron chi connectivity index (χ0n) is 12.0. The van der Waals surface area contributed by atoms with Crippen molar-refractivity contribution >= 4 is 0 Å². The molecule has 0 aromatic heterocycles. The van der Waals surface area contributed by atoms with E-state index in [1.807, 2.05) is 12.1 Å². The van der Waals surface area contributed by atoms with Gasteiger partial charge in [0.15, 0.2) is 0 Å². The fourth-order valence-electron chi connectivity index (χ4n) is 3.25. The normalized spacial score (nSPS) is 18.9. The van der Waals surface area contributed by atoms with Crippen molar-refractivity contribution in [1.82, 2.24) is 5.32 Å². The lowest BCUT2D eigenvalue weighted by atomic mass is 10.0. The summed E-state index contributed by atoms with van der Waals surface area (Å²) in [5, 5.41) is 3.65. The van der Waals surface area contributed by atoms with Gasteiger partial charge in [-0.25, -0.2) is 4.39 Å². The molecule has 0 bridgehead atoms. The number of nitrogens with one attached hydrogen (secondary N) is 1. The molecular formula is C18H20FN. The fraction of sp³-hybridized carbons (Fsp3) is 0.333. The highest BCUT2D eigenvalue weighted by Crippen LogP contribution is 2.34. The standard InChI is InChI=1S/C18H20FN/c1-12-6-3-4-7-14(12)13(2)20-18-11-10-15-16(18)8-5-9-17(15)19/h3-9,13,18,20H,10-11H2,1-2H3. The molecule has 1 aliphatic rings. The largest absolute Gasteiger partial charge is 0.303 e. The maximum Gasteiger partial charge on any atom is 0.126 e. The molecule has 0 heterocycles. The van der Waals surface area contributed by atoms with Crippen molar-refractivity contribution in [2.24, 2.45) is 0 Å². The topological polar surface area (TPSA) is 12.0 Å². The maximum absolute atomic E-state index is 13.8.